The van der Waals surface area contributed by atoms with Crippen LogP contribution in [0, 0.1) is 11.6 Å². The molecule has 0 heterocycles. The molecule has 0 aliphatic carbocycles. The molecular formula is C15H15F2NO2S. The van der Waals surface area contributed by atoms with E-state index in [2.05, 4.69) is 4.72 Å². The SMILES string of the molecule is CC(CNS(=O)(=O)c1cc(F)cc(F)c1)c1ccccc1. The largest absolute Gasteiger partial charge is 0.240 e. The van der Waals surface area contributed by atoms with Crippen LogP contribution in [0.2, 0.25) is 0 Å². The zero-order valence-corrected chi connectivity index (χ0v) is 12.2. The van der Waals surface area contributed by atoms with Gasteiger partial charge in [-0.05, 0) is 23.6 Å². The van der Waals surface area contributed by atoms with Crippen LogP contribution in [0.25, 0.3) is 0 Å². The first-order valence-electron chi connectivity index (χ1n) is 6.39. The van der Waals surface area contributed by atoms with Gasteiger partial charge in [0.05, 0.1) is 4.90 Å². The fourth-order valence-corrected chi connectivity index (χ4v) is 3.07. The standard InChI is InChI=1S/C15H15F2NO2S/c1-11(12-5-3-2-4-6-12)10-18-21(19,20)15-8-13(16)7-14(17)9-15/h2-9,11,18H,10H2,1H3. The third-order valence-electron chi connectivity index (χ3n) is 3.09. The summed E-state index contributed by atoms with van der Waals surface area (Å²) in [7, 11) is -3.94. The number of sulfonamides is 1. The van der Waals surface area contributed by atoms with Gasteiger partial charge in [0.25, 0.3) is 0 Å². The summed E-state index contributed by atoms with van der Waals surface area (Å²) in [6.07, 6.45) is 0. The molecule has 0 bridgehead atoms. The second kappa shape index (κ2) is 6.32. The Morgan fingerprint density at radius 2 is 1.62 bits per heavy atom. The molecule has 0 amide bonds. The third kappa shape index (κ3) is 4.09. The molecule has 1 N–H and O–H groups in total. The molecule has 0 aliphatic rings. The van der Waals surface area contributed by atoms with Gasteiger partial charge in [-0.15, -0.1) is 0 Å². The maximum atomic E-state index is 13.1. The van der Waals surface area contributed by atoms with Crippen LogP contribution in [0.3, 0.4) is 0 Å². The Balaban J connectivity index is 2.11. The first kappa shape index (κ1) is 15.6. The molecule has 1 unspecified atom stereocenters. The van der Waals surface area contributed by atoms with E-state index in [4.69, 9.17) is 0 Å². The quantitative estimate of drug-likeness (QED) is 0.922. The predicted molar refractivity (Wildman–Crippen MR) is 76.4 cm³/mol. The molecule has 0 spiro atoms. The number of hydrogen-bond acceptors (Lipinski definition) is 2. The molecule has 6 heteroatoms. The topological polar surface area (TPSA) is 46.2 Å². The molecule has 112 valence electrons. The lowest BCUT2D eigenvalue weighted by molar-refractivity contribution is 0.558. The van der Waals surface area contributed by atoms with E-state index in [1.807, 2.05) is 37.3 Å². The van der Waals surface area contributed by atoms with E-state index < -0.39 is 26.6 Å². The highest BCUT2D eigenvalue weighted by Crippen LogP contribution is 2.16. The average molecular weight is 311 g/mol. The van der Waals surface area contributed by atoms with Gasteiger partial charge in [-0.3, -0.25) is 0 Å². The van der Waals surface area contributed by atoms with Crippen LogP contribution in [0.5, 0.6) is 0 Å². The van der Waals surface area contributed by atoms with Crippen molar-refractivity contribution in [2.45, 2.75) is 17.7 Å². The second-order valence-corrected chi connectivity index (χ2v) is 6.54. The molecule has 3 nitrogen and oxygen atoms in total. The summed E-state index contributed by atoms with van der Waals surface area (Å²) in [5.41, 5.74) is 0.977. The summed E-state index contributed by atoms with van der Waals surface area (Å²) in [5, 5.41) is 0. The maximum absolute atomic E-state index is 13.1. The zero-order valence-electron chi connectivity index (χ0n) is 11.4. The maximum Gasteiger partial charge on any atom is 0.240 e. The molecule has 2 aromatic carbocycles. The fourth-order valence-electron chi connectivity index (χ4n) is 1.90. The zero-order chi connectivity index (χ0) is 15.5. The predicted octanol–water partition coefficient (Wildman–Crippen LogP) is 3.05. The van der Waals surface area contributed by atoms with E-state index in [-0.39, 0.29) is 12.5 Å². The van der Waals surface area contributed by atoms with Crippen molar-refractivity contribution in [1.29, 1.82) is 0 Å². The van der Waals surface area contributed by atoms with Crippen molar-refractivity contribution in [3.63, 3.8) is 0 Å². The monoisotopic (exact) mass is 311 g/mol. The Hall–Kier alpha value is -1.79. The summed E-state index contributed by atoms with van der Waals surface area (Å²) in [5.74, 6) is -1.91. The minimum absolute atomic E-state index is 0.0561. The number of hydrogen-bond donors (Lipinski definition) is 1. The van der Waals surface area contributed by atoms with E-state index in [1.165, 1.54) is 0 Å². The molecule has 0 fully saturated rings. The van der Waals surface area contributed by atoms with Crippen LogP contribution in [0.1, 0.15) is 18.4 Å². The van der Waals surface area contributed by atoms with Crippen molar-refractivity contribution in [3.8, 4) is 0 Å². The Labute approximate surface area is 122 Å². The lowest BCUT2D eigenvalue weighted by Gasteiger charge is -2.13. The van der Waals surface area contributed by atoms with E-state index in [0.717, 1.165) is 17.7 Å². The van der Waals surface area contributed by atoms with Crippen LogP contribution in [0.15, 0.2) is 53.4 Å². The van der Waals surface area contributed by atoms with Crippen LogP contribution in [-0.4, -0.2) is 15.0 Å². The summed E-state index contributed by atoms with van der Waals surface area (Å²) in [6, 6.07) is 11.6. The highest BCUT2D eigenvalue weighted by molar-refractivity contribution is 7.89. The fraction of sp³-hybridized carbons (Fsp3) is 0.200. The van der Waals surface area contributed by atoms with E-state index in [9.17, 15) is 17.2 Å². The van der Waals surface area contributed by atoms with Gasteiger partial charge in [0.15, 0.2) is 0 Å². The van der Waals surface area contributed by atoms with E-state index >= 15 is 0 Å². The highest BCUT2D eigenvalue weighted by atomic mass is 32.2. The Morgan fingerprint density at radius 1 is 1.05 bits per heavy atom. The second-order valence-electron chi connectivity index (χ2n) is 4.77. The summed E-state index contributed by atoms with van der Waals surface area (Å²) in [4.78, 5) is -0.416. The number of benzene rings is 2. The molecule has 2 rings (SSSR count). The lowest BCUT2D eigenvalue weighted by Crippen LogP contribution is -2.28. The third-order valence-corrected chi connectivity index (χ3v) is 4.50. The first-order chi connectivity index (χ1) is 9.88. The van der Waals surface area contributed by atoms with Crippen LogP contribution >= 0.6 is 0 Å². The molecule has 0 aliphatic heterocycles. The molecule has 21 heavy (non-hydrogen) atoms. The molecule has 1 atom stereocenters. The van der Waals surface area contributed by atoms with Gasteiger partial charge in [0.2, 0.25) is 10.0 Å². The van der Waals surface area contributed by atoms with Crippen molar-refractivity contribution >= 4 is 10.0 Å². The van der Waals surface area contributed by atoms with Crippen molar-refractivity contribution in [1.82, 2.24) is 4.72 Å². The Morgan fingerprint density at radius 3 is 2.19 bits per heavy atom. The molecular weight excluding hydrogens is 296 g/mol. The number of rotatable bonds is 5. The van der Waals surface area contributed by atoms with Crippen LogP contribution in [0.4, 0.5) is 8.78 Å². The van der Waals surface area contributed by atoms with Gasteiger partial charge in [-0.25, -0.2) is 21.9 Å². The first-order valence-corrected chi connectivity index (χ1v) is 7.87. The molecule has 0 aromatic heterocycles. The minimum Gasteiger partial charge on any atom is -0.211 e. The smallest absolute Gasteiger partial charge is 0.211 e. The van der Waals surface area contributed by atoms with E-state index in [0.29, 0.717) is 6.07 Å². The van der Waals surface area contributed by atoms with Crippen molar-refractivity contribution in [2.75, 3.05) is 6.54 Å². The van der Waals surface area contributed by atoms with Gasteiger partial charge < -0.3 is 0 Å². The summed E-state index contributed by atoms with van der Waals surface area (Å²) < 4.78 is 52.6. The average Bonchev–Trinajstić information content (AvgIpc) is 2.45. The van der Waals surface area contributed by atoms with Crippen molar-refractivity contribution < 1.29 is 17.2 Å². The summed E-state index contributed by atoms with van der Waals surface area (Å²) >= 11 is 0. The molecule has 2 aromatic rings. The van der Waals surface area contributed by atoms with Crippen LogP contribution in [-0.2, 0) is 10.0 Å². The molecule has 0 saturated heterocycles. The molecule has 0 saturated carbocycles. The van der Waals surface area contributed by atoms with Gasteiger partial charge >= 0.3 is 0 Å². The van der Waals surface area contributed by atoms with Gasteiger partial charge in [-0.1, -0.05) is 37.3 Å². The van der Waals surface area contributed by atoms with E-state index in [1.54, 1.807) is 0 Å². The van der Waals surface area contributed by atoms with Crippen molar-refractivity contribution in [3.05, 3.63) is 65.7 Å². The van der Waals surface area contributed by atoms with Gasteiger partial charge in [0, 0.05) is 12.6 Å². The number of nitrogens with one attached hydrogen (secondary N) is 1. The number of halogens is 2. The molecule has 0 radical (unpaired) electrons. The highest BCUT2D eigenvalue weighted by Gasteiger charge is 2.17. The minimum atomic E-state index is -3.94. The van der Waals surface area contributed by atoms with Gasteiger partial charge in [-0.2, -0.15) is 0 Å². The lowest BCUT2D eigenvalue weighted by atomic mass is 10.0. The van der Waals surface area contributed by atoms with Crippen molar-refractivity contribution in [2.24, 2.45) is 0 Å². The van der Waals surface area contributed by atoms with Crippen LogP contribution < -0.4 is 4.72 Å². The summed E-state index contributed by atoms with van der Waals surface area (Å²) in [6.45, 7) is 2.01. The Kier molecular flexibility index (Phi) is 4.69. The Bertz CT molecular complexity index is 697. The van der Waals surface area contributed by atoms with Gasteiger partial charge in [0.1, 0.15) is 11.6 Å². The normalized spacial score (nSPS) is 13.1.